The smallest absolute Gasteiger partial charge is 0.339 e. The second-order valence-electron chi connectivity index (χ2n) is 4.65. The quantitative estimate of drug-likeness (QED) is 0.717. The van der Waals surface area contributed by atoms with E-state index >= 15 is 0 Å². The number of esters is 1. The summed E-state index contributed by atoms with van der Waals surface area (Å²) < 4.78 is 4.69. The van der Waals surface area contributed by atoms with Crippen LogP contribution in [0.25, 0.3) is 0 Å². The molecule has 2 rings (SSSR count). The fourth-order valence-corrected chi connectivity index (χ4v) is 2.38. The van der Waals surface area contributed by atoms with Crippen LogP contribution >= 0.6 is 0 Å². The normalized spacial score (nSPS) is 18.6. The van der Waals surface area contributed by atoms with E-state index < -0.39 is 0 Å². The Morgan fingerprint density at radius 2 is 2.31 bits per heavy atom. The lowest BCUT2D eigenvalue weighted by molar-refractivity contribution is 0.0600. The molecule has 1 heterocycles. The van der Waals surface area contributed by atoms with Gasteiger partial charge in [-0.05, 0) is 30.4 Å². The topological polar surface area (TPSA) is 39.2 Å². The van der Waals surface area contributed by atoms with E-state index in [0.717, 1.165) is 12.8 Å². The highest BCUT2D eigenvalue weighted by Crippen LogP contribution is 2.36. The van der Waals surface area contributed by atoms with Gasteiger partial charge in [0.2, 0.25) is 0 Å². The predicted octanol–water partition coefficient (Wildman–Crippen LogP) is 2.55. The van der Waals surface area contributed by atoms with E-state index in [2.05, 4.69) is 18.8 Å². The molecular formula is C13H17NO2. The second-order valence-corrected chi connectivity index (χ2v) is 4.65. The second kappa shape index (κ2) is 4.24. The molecule has 0 aromatic carbocycles. The Bertz CT molecular complexity index is 412. The highest BCUT2D eigenvalue weighted by atomic mass is 16.5. The minimum Gasteiger partial charge on any atom is -0.465 e. The molecule has 0 spiro atoms. The zero-order valence-electron chi connectivity index (χ0n) is 9.99. The molecule has 1 atom stereocenters. The number of aromatic nitrogens is 1. The monoisotopic (exact) mass is 219 g/mol. The van der Waals surface area contributed by atoms with Crippen LogP contribution in [0, 0.1) is 5.92 Å². The van der Waals surface area contributed by atoms with Crippen LogP contribution < -0.4 is 0 Å². The minimum atomic E-state index is -0.303. The molecule has 1 aliphatic rings. The van der Waals surface area contributed by atoms with Gasteiger partial charge in [-0.3, -0.25) is 4.98 Å². The molecular weight excluding hydrogens is 202 g/mol. The molecule has 86 valence electrons. The van der Waals surface area contributed by atoms with Crippen molar-refractivity contribution in [1.82, 2.24) is 4.98 Å². The van der Waals surface area contributed by atoms with Crippen LogP contribution in [0.3, 0.4) is 0 Å². The molecule has 0 bridgehead atoms. The highest BCUT2D eigenvalue weighted by Gasteiger charge is 2.27. The van der Waals surface area contributed by atoms with E-state index in [-0.39, 0.29) is 5.97 Å². The fraction of sp³-hybridized carbons (Fsp3) is 0.538. The summed E-state index contributed by atoms with van der Waals surface area (Å²) in [6.07, 6.45) is 3.80. The zero-order chi connectivity index (χ0) is 11.7. The lowest BCUT2D eigenvalue weighted by Gasteiger charge is -2.14. The third-order valence-corrected chi connectivity index (χ3v) is 3.30. The number of methoxy groups -OCH3 is 1. The number of hydrogen-bond acceptors (Lipinski definition) is 3. The SMILES string of the molecule is COC(=O)c1cnc2c(c1)CC[C@H]2C(C)C. The fourth-order valence-electron chi connectivity index (χ4n) is 2.38. The van der Waals surface area contributed by atoms with Crippen molar-refractivity contribution < 1.29 is 9.53 Å². The van der Waals surface area contributed by atoms with E-state index in [4.69, 9.17) is 4.74 Å². The van der Waals surface area contributed by atoms with Gasteiger partial charge in [-0.15, -0.1) is 0 Å². The van der Waals surface area contributed by atoms with Crippen LogP contribution in [0.2, 0.25) is 0 Å². The van der Waals surface area contributed by atoms with Crippen molar-refractivity contribution in [3.05, 3.63) is 29.1 Å². The average molecular weight is 219 g/mol. The third-order valence-electron chi connectivity index (χ3n) is 3.30. The van der Waals surface area contributed by atoms with Crippen molar-refractivity contribution in [3.63, 3.8) is 0 Å². The number of pyridine rings is 1. The van der Waals surface area contributed by atoms with Gasteiger partial charge in [-0.25, -0.2) is 4.79 Å². The van der Waals surface area contributed by atoms with Gasteiger partial charge in [0, 0.05) is 17.8 Å². The summed E-state index contributed by atoms with van der Waals surface area (Å²) in [5.74, 6) is 0.850. The maximum absolute atomic E-state index is 11.4. The van der Waals surface area contributed by atoms with E-state index in [1.165, 1.54) is 18.4 Å². The third kappa shape index (κ3) is 1.82. The Labute approximate surface area is 95.8 Å². The first-order valence-electron chi connectivity index (χ1n) is 5.70. The first-order valence-corrected chi connectivity index (χ1v) is 5.70. The van der Waals surface area contributed by atoms with Crippen molar-refractivity contribution in [2.75, 3.05) is 7.11 Å². The Kier molecular flexibility index (Phi) is 2.95. The summed E-state index contributed by atoms with van der Waals surface area (Å²) in [5, 5.41) is 0. The van der Waals surface area contributed by atoms with Crippen molar-refractivity contribution in [3.8, 4) is 0 Å². The molecule has 0 radical (unpaired) electrons. The van der Waals surface area contributed by atoms with E-state index in [1.54, 1.807) is 6.20 Å². The van der Waals surface area contributed by atoms with Gasteiger partial charge in [-0.2, -0.15) is 0 Å². The van der Waals surface area contributed by atoms with Crippen molar-refractivity contribution >= 4 is 5.97 Å². The van der Waals surface area contributed by atoms with Gasteiger partial charge in [-0.1, -0.05) is 13.8 Å². The number of aryl methyl sites for hydroxylation is 1. The summed E-state index contributed by atoms with van der Waals surface area (Å²) in [4.78, 5) is 15.8. The van der Waals surface area contributed by atoms with Crippen LogP contribution in [-0.4, -0.2) is 18.1 Å². The zero-order valence-corrected chi connectivity index (χ0v) is 9.99. The standard InChI is InChI=1S/C13H17NO2/c1-8(2)11-5-4-9-6-10(13(15)16-3)7-14-12(9)11/h6-8,11H,4-5H2,1-3H3/t11-/m0/s1. The summed E-state index contributed by atoms with van der Waals surface area (Å²) in [7, 11) is 1.40. The highest BCUT2D eigenvalue weighted by molar-refractivity contribution is 5.89. The molecule has 3 nitrogen and oxygen atoms in total. The predicted molar refractivity (Wildman–Crippen MR) is 61.5 cm³/mol. The Morgan fingerprint density at radius 3 is 2.94 bits per heavy atom. The number of rotatable bonds is 2. The summed E-state index contributed by atoms with van der Waals surface area (Å²) in [6, 6.07) is 1.93. The summed E-state index contributed by atoms with van der Waals surface area (Å²) in [6.45, 7) is 4.44. The van der Waals surface area contributed by atoms with Gasteiger partial charge in [0.1, 0.15) is 0 Å². The van der Waals surface area contributed by atoms with Gasteiger partial charge in [0.05, 0.1) is 12.7 Å². The Hall–Kier alpha value is -1.38. The largest absolute Gasteiger partial charge is 0.465 e. The number of hydrogen-bond donors (Lipinski definition) is 0. The summed E-state index contributed by atoms with van der Waals surface area (Å²) >= 11 is 0. The number of nitrogens with zero attached hydrogens (tertiary/aromatic N) is 1. The van der Waals surface area contributed by atoms with Gasteiger partial charge in [0.15, 0.2) is 0 Å². The number of carbonyl (C=O) groups is 1. The van der Waals surface area contributed by atoms with Crippen LogP contribution in [-0.2, 0) is 11.2 Å². The molecule has 0 unspecified atom stereocenters. The average Bonchev–Trinajstić information content (AvgIpc) is 2.70. The molecule has 3 heteroatoms. The lowest BCUT2D eigenvalue weighted by Crippen LogP contribution is -2.07. The molecule has 16 heavy (non-hydrogen) atoms. The molecule has 0 fully saturated rings. The lowest BCUT2D eigenvalue weighted by atomic mass is 9.93. The number of ether oxygens (including phenoxy) is 1. The molecule has 1 aromatic rings. The van der Waals surface area contributed by atoms with Crippen LogP contribution in [0.15, 0.2) is 12.3 Å². The first-order chi connectivity index (χ1) is 7.63. The van der Waals surface area contributed by atoms with Crippen LogP contribution in [0.1, 0.15) is 47.8 Å². The molecule has 1 aliphatic carbocycles. The van der Waals surface area contributed by atoms with E-state index in [9.17, 15) is 4.79 Å². The maximum atomic E-state index is 11.4. The maximum Gasteiger partial charge on any atom is 0.339 e. The first kappa shape index (κ1) is 11.1. The van der Waals surface area contributed by atoms with Crippen LogP contribution in [0.5, 0.6) is 0 Å². The molecule has 0 amide bonds. The molecule has 1 aromatic heterocycles. The molecule has 0 saturated heterocycles. The molecule has 0 N–H and O–H groups in total. The molecule has 0 aliphatic heterocycles. The number of carbonyl (C=O) groups excluding carboxylic acids is 1. The Morgan fingerprint density at radius 1 is 1.56 bits per heavy atom. The van der Waals surface area contributed by atoms with Gasteiger partial charge in [0.25, 0.3) is 0 Å². The van der Waals surface area contributed by atoms with Gasteiger partial charge >= 0.3 is 5.97 Å². The number of fused-ring (bicyclic) bond motifs is 1. The van der Waals surface area contributed by atoms with Crippen molar-refractivity contribution in [2.24, 2.45) is 5.92 Å². The molecule has 0 saturated carbocycles. The minimum absolute atomic E-state index is 0.303. The Balaban J connectivity index is 2.33. The van der Waals surface area contributed by atoms with E-state index in [1.807, 2.05) is 6.07 Å². The van der Waals surface area contributed by atoms with E-state index in [0.29, 0.717) is 17.4 Å². The van der Waals surface area contributed by atoms with Crippen molar-refractivity contribution in [1.29, 1.82) is 0 Å². The van der Waals surface area contributed by atoms with Gasteiger partial charge < -0.3 is 4.74 Å². The van der Waals surface area contributed by atoms with Crippen LogP contribution in [0.4, 0.5) is 0 Å². The van der Waals surface area contributed by atoms with Crippen molar-refractivity contribution in [2.45, 2.75) is 32.6 Å². The summed E-state index contributed by atoms with van der Waals surface area (Å²) in [5.41, 5.74) is 2.94.